The molecule has 2 heterocycles. The minimum atomic E-state index is 0.734. The van der Waals surface area contributed by atoms with Gasteiger partial charge in [-0.25, -0.2) is 4.98 Å². The van der Waals surface area contributed by atoms with Gasteiger partial charge in [-0.15, -0.1) is 11.3 Å². The van der Waals surface area contributed by atoms with Crippen LogP contribution in [0.3, 0.4) is 0 Å². The zero-order valence-electron chi connectivity index (χ0n) is 12.9. The Morgan fingerprint density at radius 3 is 2.76 bits per heavy atom. The van der Waals surface area contributed by atoms with Gasteiger partial charge in [-0.3, -0.25) is 0 Å². The van der Waals surface area contributed by atoms with Gasteiger partial charge in [-0.05, 0) is 38.7 Å². The molecule has 1 fully saturated rings. The van der Waals surface area contributed by atoms with E-state index in [0.29, 0.717) is 0 Å². The summed E-state index contributed by atoms with van der Waals surface area (Å²) in [5.41, 5.74) is 0. The number of anilines is 2. The first kappa shape index (κ1) is 14.6. The van der Waals surface area contributed by atoms with Crippen LogP contribution in [-0.4, -0.2) is 23.1 Å². The van der Waals surface area contributed by atoms with Gasteiger partial charge in [-0.1, -0.05) is 19.3 Å². The highest BCUT2D eigenvalue weighted by Gasteiger charge is 2.15. The van der Waals surface area contributed by atoms with E-state index in [-0.39, 0.29) is 0 Å². The van der Waals surface area contributed by atoms with Gasteiger partial charge in [0.1, 0.15) is 10.6 Å². The Hall–Kier alpha value is -1.36. The minimum Gasteiger partial charge on any atom is -0.369 e. The van der Waals surface area contributed by atoms with Crippen LogP contribution in [-0.2, 0) is 0 Å². The lowest BCUT2D eigenvalue weighted by Crippen LogP contribution is -2.18. The van der Waals surface area contributed by atoms with Gasteiger partial charge < -0.3 is 10.6 Å². The van der Waals surface area contributed by atoms with Gasteiger partial charge in [0, 0.05) is 18.0 Å². The first-order valence-electron chi connectivity index (χ1n) is 8.02. The average molecular weight is 304 g/mol. The Morgan fingerprint density at radius 2 is 2.00 bits per heavy atom. The van der Waals surface area contributed by atoms with E-state index in [0.717, 1.165) is 41.0 Å². The molecule has 1 aliphatic rings. The highest BCUT2D eigenvalue weighted by molar-refractivity contribution is 7.18. The lowest BCUT2D eigenvalue weighted by Gasteiger charge is -2.22. The second-order valence-electron chi connectivity index (χ2n) is 5.89. The first-order chi connectivity index (χ1) is 10.3. The van der Waals surface area contributed by atoms with E-state index >= 15 is 0 Å². The summed E-state index contributed by atoms with van der Waals surface area (Å²) in [5.74, 6) is 2.52. The molecule has 0 radical (unpaired) electrons. The van der Waals surface area contributed by atoms with Crippen molar-refractivity contribution in [2.24, 2.45) is 5.92 Å². The van der Waals surface area contributed by atoms with E-state index in [1.165, 1.54) is 37.0 Å². The molecule has 1 aliphatic carbocycles. The van der Waals surface area contributed by atoms with E-state index in [9.17, 15) is 0 Å². The quantitative estimate of drug-likeness (QED) is 0.858. The van der Waals surface area contributed by atoms with Crippen molar-refractivity contribution >= 4 is 33.3 Å². The number of nitrogens with zero attached hydrogens (tertiary/aromatic N) is 2. The minimum absolute atomic E-state index is 0.734. The maximum atomic E-state index is 4.66. The van der Waals surface area contributed by atoms with Crippen molar-refractivity contribution in [1.82, 2.24) is 9.97 Å². The van der Waals surface area contributed by atoms with Crippen LogP contribution < -0.4 is 10.6 Å². The number of aromatic nitrogens is 2. The molecular formula is C16H24N4S. The number of aryl methyl sites for hydroxylation is 1. The zero-order valence-corrected chi connectivity index (χ0v) is 13.7. The van der Waals surface area contributed by atoms with Gasteiger partial charge >= 0.3 is 0 Å². The lowest BCUT2D eigenvalue weighted by molar-refractivity contribution is 0.373. The Morgan fingerprint density at radius 1 is 1.19 bits per heavy atom. The molecule has 5 heteroatoms. The molecule has 3 rings (SSSR count). The molecule has 0 aliphatic heterocycles. The van der Waals surface area contributed by atoms with Crippen LogP contribution >= 0.6 is 11.3 Å². The molecule has 2 aromatic heterocycles. The van der Waals surface area contributed by atoms with Crippen LogP contribution in [0.25, 0.3) is 10.2 Å². The largest absolute Gasteiger partial charge is 0.369 e. The molecule has 0 atom stereocenters. The molecule has 4 nitrogen and oxygen atoms in total. The number of hydrogen-bond acceptors (Lipinski definition) is 5. The molecule has 0 spiro atoms. The van der Waals surface area contributed by atoms with E-state index in [1.54, 1.807) is 11.3 Å². The van der Waals surface area contributed by atoms with E-state index in [4.69, 9.17) is 0 Å². The summed E-state index contributed by atoms with van der Waals surface area (Å²) < 4.78 is 0. The summed E-state index contributed by atoms with van der Waals surface area (Å²) in [7, 11) is 0. The zero-order chi connectivity index (χ0) is 14.7. The summed E-state index contributed by atoms with van der Waals surface area (Å²) >= 11 is 1.74. The standard InChI is InChI=1S/C16H24N4S/c1-3-17-16-19-14(13-9-11(2)21-15(13)20-16)18-10-12-7-5-4-6-8-12/h9,12H,3-8,10H2,1-2H3,(H2,17,18,19,20). The fraction of sp³-hybridized carbons (Fsp3) is 0.625. The fourth-order valence-electron chi connectivity index (χ4n) is 3.05. The molecule has 2 N–H and O–H groups in total. The highest BCUT2D eigenvalue weighted by atomic mass is 32.1. The van der Waals surface area contributed by atoms with Crippen molar-refractivity contribution < 1.29 is 0 Å². The van der Waals surface area contributed by atoms with Crippen molar-refractivity contribution in [3.8, 4) is 0 Å². The molecule has 0 amide bonds. The van der Waals surface area contributed by atoms with Gasteiger partial charge in [0.25, 0.3) is 0 Å². The molecular weight excluding hydrogens is 280 g/mol. The smallest absolute Gasteiger partial charge is 0.226 e. The van der Waals surface area contributed by atoms with Crippen molar-refractivity contribution in [2.75, 3.05) is 23.7 Å². The van der Waals surface area contributed by atoms with Gasteiger partial charge in [0.05, 0.1) is 5.39 Å². The van der Waals surface area contributed by atoms with E-state index in [1.807, 2.05) is 0 Å². The molecule has 114 valence electrons. The Labute approximate surface area is 130 Å². The third-order valence-corrected chi connectivity index (χ3v) is 5.08. The molecule has 1 saturated carbocycles. The summed E-state index contributed by atoms with van der Waals surface area (Å²) in [6.07, 6.45) is 6.87. The Kier molecular flexibility index (Phi) is 4.58. The number of nitrogens with one attached hydrogen (secondary N) is 2. The van der Waals surface area contributed by atoms with Crippen LogP contribution in [0.5, 0.6) is 0 Å². The maximum Gasteiger partial charge on any atom is 0.226 e. The molecule has 0 unspecified atom stereocenters. The summed E-state index contributed by atoms with van der Waals surface area (Å²) in [4.78, 5) is 11.6. The monoisotopic (exact) mass is 304 g/mol. The molecule has 2 aromatic rings. The average Bonchev–Trinajstić information content (AvgIpc) is 2.86. The van der Waals surface area contributed by atoms with Crippen LogP contribution in [0.4, 0.5) is 11.8 Å². The third-order valence-electron chi connectivity index (χ3n) is 4.13. The molecule has 0 saturated heterocycles. The van der Waals surface area contributed by atoms with Crippen LogP contribution in [0.2, 0.25) is 0 Å². The number of fused-ring (bicyclic) bond motifs is 1. The summed E-state index contributed by atoms with van der Waals surface area (Å²) in [6.45, 7) is 6.08. The van der Waals surface area contributed by atoms with Crippen molar-refractivity contribution in [2.45, 2.75) is 46.0 Å². The normalized spacial score (nSPS) is 16.3. The number of thiophene rings is 1. The predicted octanol–water partition coefficient (Wildman–Crippen LogP) is 4.42. The second kappa shape index (κ2) is 6.60. The van der Waals surface area contributed by atoms with Gasteiger partial charge in [0.15, 0.2) is 0 Å². The van der Waals surface area contributed by atoms with Crippen LogP contribution in [0, 0.1) is 12.8 Å². The summed E-state index contributed by atoms with van der Waals surface area (Å²) in [5, 5.41) is 7.98. The predicted molar refractivity (Wildman–Crippen MR) is 91.4 cm³/mol. The molecule has 0 bridgehead atoms. The van der Waals surface area contributed by atoms with Crippen LogP contribution in [0.15, 0.2) is 6.07 Å². The van der Waals surface area contributed by atoms with Gasteiger partial charge in [-0.2, -0.15) is 4.98 Å². The SMILES string of the molecule is CCNc1nc(NCC2CCCCC2)c2cc(C)sc2n1. The van der Waals surface area contributed by atoms with Crippen molar-refractivity contribution in [3.63, 3.8) is 0 Å². The topological polar surface area (TPSA) is 49.8 Å². The fourth-order valence-corrected chi connectivity index (χ4v) is 3.93. The first-order valence-corrected chi connectivity index (χ1v) is 8.84. The molecule has 0 aromatic carbocycles. The van der Waals surface area contributed by atoms with E-state index < -0.39 is 0 Å². The summed E-state index contributed by atoms with van der Waals surface area (Å²) in [6, 6.07) is 2.19. The van der Waals surface area contributed by atoms with Crippen molar-refractivity contribution in [1.29, 1.82) is 0 Å². The van der Waals surface area contributed by atoms with E-state index in [2.05, 4.69) is 40.5 Å². The Bertz CT molecular complexity index is 602. The number of rotatable bonds is 5. The Balaban J connectivity index is 1.81. The third kappa shape index (κ3) is 3.46. The number of hydrogen-bond donors (Lipinski definition) is 2. The van der Waals surface area contributed by atoms with Gasteiger partial charge in [0.2, 0.25) is 5.95 Å². The van der Waals surface area contributed by atoms with Crippen molar-refractivity contribution in [3.05, 3.63) is 10.9 Å². The van der Waals surface area contributed by atoms with Crippen LogP contribution in [0.1, 0.15) is 43.9 Å². The second-order valence-corrected chi connectivity index (χ2v) is 7.12. The lowest BCUT2D eigenvalue weighted by atomic mass is 9.89. The molecule has 21 heavy (non-hydrogen) atoms. The highest BCUT2D eigenvalue weighted by Crippen LogP contribution is 2.30. The maximum absolute atomic E-state index is 4.66.